The minimum Gasteiger partial charge on any atom is -0.399 e. The lowest BCUT2D eigenvalue weighted by Gasteiger charge is -2.05. The molecule has 2 rings (SSSR count). The van der Waals surface area contributed by atoms with Crippen molar-refractivity contribution < 1.29 is 0 Å². The summed E-state index contributed by atoms with van der Waals surface area (Å²) in [6.07, 6.45) is 3.76. The van der Waals surface area contributed by atoms with Crippen molar-refractivity contribution in [2.75, 3.05) is 5.73 Å². The Balaban J connectivity index is 1.87. The third-order valence-corrected chi connectivity index (χ3v) is 3.23. The zero-order valence-corrected chi connectivity index (χ0v) is 10.6. The molecule has 0 atom stereocenters. The van der Waals surface area contributed by atoms with Crippen molar-refractivity contribution >= 4 is 17.3 Å². The van der Waals surface area contributed by atoms with Gasteiger partial charge in [-0.1, -0.05) is 23.7 Å². The second-order valence-corrected chi connectivity index (χ2v) is 4.55. The number of anilines is 1. The van der Waals surface area contributed by atoms with Crippen LogP contribution in [0.1, 0.15) is 17.7 Å². The van der Waals surface area contributed by atoms with Crippen LogP contribution >= 0.6 is 11.6 Å². The van der Waals surface area contributed by atoms with Crippen LogP contribution in [0.3, 0.4) is 0 Å². The highest BCUT2D eigenvalue weighted by Crippen LogP contribution is 2.14. The predicted octanol–water partition coefficient (Wildman–Crippen LogP) is 3.06. The van der Waals surface area contributed by atoms with E-state index in [4.69, 9.17) is 17.3 Å². The summed E-state index contributed by atoms with van der Waals surface area (Å²) in [5, 5.41) is 4.96. The van der Waals surface area contributed by atoms with Gasteiger partial charge in [0, 0.05) is 12.2 Å². The van der Waals surface area contributed by atoms with E-state index in [1.165, 1.54) is 5.56 Å². The van der Waals surface area contributed by atoms with Gasteiger partial charge in [-0.25, -0.2) is 0 Å². The van der Waals surface area contributed by atoms with Gasteiger partial charge in [0.05, 0.1) is 16.9 Å². The van der Waals surface area contributed by atoms with Gasteiger partial charge in [0.15, 0.2) is 0 Å². The topological polar surface area (TPSA) is 43.8 Å². The number of halogens is 1. The van der Waals surface area contributed by atoms with Crippen molar-refractivity contribution in [3.8, 4) is 0 Å². The standard InChI is InChI=1S/C13H16ClN3/c1-10-13(14)9-16-17(10)8-2-3-11-4-6-12(15)7-5-11/h4-7,9H,2-3,8,15H2,1H3. The molecule has 1 aromatic heterocycles. The first-order valence-corrected chi connectivity index (χ1v) is 6.07. The molecule has 0 aliphatic rings. The second-order valence-electron chi connectivity index (χ2n) is 4.15. The lowest BCUT2D eigenvalue weighted by atomic mass is 10.1. The Morgan fingerprint density at radius 1 is 1.29 bits per heavy atom. The fourth-order valence-electron chi connectivity index (χ4n) is 1.77. The summed E-state index contributed by atoms with van der Waals surface area (Å²) in [5.74, 6) is 0. The van der Waals surface area contributed by atoms with Gasteiger partial charge >= 0.3 is 0 Å². The van der Waals surface area contributed by atoms with Crippen molar-refractivity contribution in [3.05, 3.63) is 46.7 Å². The number of hydrogen-bond donors (Lipinski definition) is 1. The maximum Gasteiger partial charge on any atom is 0.0814 e. The molecule has 0 bridgehead atoms. The fraction of sp³-hybridized carbons (Fsp3) is 0.308. The maximum absolute atomic E-state index is 5.95. The van der Waals surface area contributed by atoms with E-state index in [9.17, 15) is 0 Å². The van der Waals surface area contributed by atoms with Gasteiger partial charge in [-0.05, 0) is 37.5 Å². The summed E-state index contributed by atoms with van der Waals surface area (Å²) in [7, 11) is 0. The van der Waals surface area contributed by atoms with Crippen molar-refractivity contribution in [1.82, 2.24) is 9.78 Å². The Kier molecular flexibility index (Phi) is 3.69. The molecule has 0 spiro atoms. The first kappa shape index (κ1) is 12.0. The van der Waals surface area contributed by atoms with Gasteiger partial charge in [0.25, 0.3) is 0 Å². The van der Waals surface area contributed by atoms with E-state index < -0.39 is 0 Å². The van der Waals surface area contributed by atoms with Crippen molar-refractivity contribution in [2.24, 2.45) is 0 Å². The predicted molar refractivity (Wildman–Crippen MR) is 71.1 cm³/mol. The summed E-state index contributed by atoms with van der Waals surface area (Å²) in [5.41, 5.74) is 8.78. The molecule has 2 N–H and O–H groups in total. The van der Waals surface area contributed by atoms with E-state index in [-0.39, 0.29) is 0 Å². The molecule has 0 saturated carbocycles. The molecule has 0 radical (unpaired) electrons. The van der Waals surface area contributed by atoms with E-state index in [0.717, 1.165) is 35.8 Å². The highest BCUT2D eigenvalue weighted by molar-refractivity contribution is 6.31. The number of benzene rings is 1. The van der Waals surface area contributed by atoms with Crippen LogP contribution in [0.4, 0.5) is 5.69 Å². The Morgan fingerprint density at radius 3 is 2.59 bits per heavy atom. The van der Waals surface area contributed by atoms with Crippen molar-refractivity contribution in [1.29, 1.82) is 0 Å². The first-order chi connectivity index (χ1) is 8.16. The van der Waals surface area contributed by atoms with E-state index >= 15 is 0 Å². The Morgan fingerprint density at radius 2 is 2.00 bits per heavy atom. The summed E-state index contributed by atoms with van der Waals surface area (Å²) in [6.45, 7) is 2.88. The molecule has 0 unspecified atom stereocenters. The van der Waals surface area contributed by atoms with Gasteiger partial charge in [-0.2, -0.15) is 5.10 Å². The van der Waals surface area contributed by atoms with Gasteiger partial charge < -0.3 is 5.73 Å². The number of nitrogens with two attached hydrogens (primary N) is 1. The normalized spacial score (nSPS) is 10.7. The molecular formula is C13H16ClN3. The molecular weight excluding hydrogens is 234 g/mol. The van der Waals surface area contributed by atoms with Gasteiger partial charge in [0.2, 0.25) is 0 Å². The van der Waals surface area contributed by atoms with Crippen molar-refractivity contribution in [2.45, 2.75) is 26.3 Å². The highest BCUT2D eigenvalue weighted by atomic mass is 35.5. The zero-order valence-electron chi connectivity index (χ0n) is 9.86. The molecule has 0 aliphatic carbocycles. The zero-order chi connectivity index (χ0) is 12.3. The largest absolute Gasteiger partial charge is 0.399 e. The van der Waals surface area contributed by atoms with Crippen LogP contribution < -0.4 is 5.73 Å². The molecule has 0 aliphatic heterocycles. The Hall–Kier alpha value is -1.48. The van der Waals surface area contributed by atoms with Crippen LogP contribution in [0.5, 0.6) is 0 Å². The Bertz CT molecular complexity index is 488. The van der Waals surface area contributed by atoms with Gasteiger partial charge in [-0.15, -0.1) is 0 Å². The average Bonchev–Trinajstić information content (AvgIpc) is 2.64. The third kappa shape index (κ3) is 3.01. The number of rotatable bonds is 4. The SMILES string of the molecule is Cc1c(Cl)cnn1CCCc1ccc(N)cc1. The summed E-state index contributed by atoms with van der Waals surface area (Å²) >= 11 is 5.95. The fourth-order valence-corrected chi connectivity index (χ4v) is 1.91. The van der Waals surface area contributed by atoms with E-state index in [1.54, 1.807) is 6.20 Å². The average molecular weight is 250 g/mol. The smallest absolute Gasteiger partial charge is 0.0814 e. The number of aromatic nitrogens is 2. The van der Waals surface area contributed by atoms with Crippen LogP contribution in [-0.4, -0.2) is 9.78 Å². The molecule has 90 valence electrons. The van der Waals surface area contributed by atoms with Crippen LogP contribution in [0, 0.1) is 6.92 Å². The first-order valence-electron chi connectivity index (χ1n) is 5.69. The van der Waals surface area contributed by atoms with E-state index in [2.05, 4.69) is 17.2 Å². The minimum atomic E-state index is 0.734. The Labute approximate surface area is 106 Å². The monoisotopic (exact) mass is 249 g/mol. The number of aryl methyl sites for hydroxylation is 2. The molecule has 0 fully saturated rings. The van der Waals surface area contributed by atoms with Crippen LogP contribution in [0.2, 0.25) is 5.02 Å². The quantitative estimate of drug-likeness (QED) is 0.847. The molecule has 1 aromatic carbocycles. The summed E-state index contributed by atoms with van der Waals surface area (Å²) < 4.78 is 1.94. The van der Waals surface area contributed by atoms with Gasteiger partial charge in [0.1, 0.15) is 0 Å². The van der Waals surface area contributed by atoms with Crippen LogP contribution in [-0.2, 0) is 13.0 Å². The lowest BCUT2D eigenvalue weighted by Crippen LogP contribution is -2.03. The molecule has 0 amide bonds. The number of nitrogen functional groups attached to an aromatic ring is 1. The second kappa shape index (κ2) is 5.23. The third-order valence-electron chi connectivity index (χ3n) is 2.86. The van der Waals surface area contributed by atoms with E-state index in [1.807, 2.05) is 23.7 Å². The molecule has 3 nitrogen and oxygen atoms in total. The van der Waals surface area contributed by atoms with Crippen LogP contribution in [0.15, 0.2) is 30.5 Å². The minimum absolute atomic E-state index is 0.734. The molecule has 2 aromatic rings. The molecule has 17 heavy (non-hydrogen) atoms. The highest BCUT2D eigenvalue weighted by Gasteiger charge is 2.03. The maximum atomic E-state index is 5.95. The lowest BCUT2D eigenvalue weighted by molar-refractivity contribution is 0.565. The van der Waals surface area contributed by atoms with Gasteiger partial charge in [-0.3, -0.25) is 4.68 Å². The number of hydrogen-bond acceptors (Lipinski definition) is 2. The molecule has 4 heteroatoms. The summed E-state index contributed by atoms with van der Waals surface area (Å²) in [6, 6.07) is 8.01. The molecule has 0 saturated heterocycles. The van der Waals surface area contributed by atoms with E-state index in [0.29, 0.717) is 0 Å². The van der Waals surface area contributed by atoms with Crippen molar-refractivity contribution in [3.63, 3.8) is 0 Å². The summed E-state index contributed by atoms with van der Waals surface area (Å²) in [4.78, 5) is 0. The van der Waals surface area contributed by atoms with Crippen LogP contribution in [0.25, 0.3) is 0 Å². The number of nitrogens with zero attached hydrogens (tertiary/aromatic N) is 2. The molecule has 1 heterocycles.